The smallest absolute Gasteiger partial charge is 0.167 e. The Morgan fingerprint density at radius 2 is 1.93 bits per heavy atom. The first-order chi connectivity index (χ1) is 7.19. The Morgan fingerprint density at radius 1 is 1.27 bits per heavy atom. The highest BCUT2D eigenvalue weighted by molar-refractivity contribution is 5.98. The Balaban J connectivity index is 2.86. The van der Waals surface area contributed by atoms with Crippen molar-refractivity contribution in [2.24, 2.45) is 0 Å². The predicted molar refractivity (Wildman–Crippen MR) is 64.2 cm³/mol. The van der Waals surface area contributed by atoms with Gasteiger partial charge in [-0.25, -0.2) is 0 Å². The molecule has 1 aromatic rings. The van der Waals surface area contributed by atoms with Crippen molar-refractivity contribution in [3.8, 4) is 0 Å². The van der Waals surface area contributed by atoms with E-state index in [4.69, 9.17) is 0 Å². The second kappa shape index (κ2) is 5.50. The lowest BCUT2D eigenvalue weighted by Crippen LogP contribution is -2.03. The van der Waals surface area contributed by atoms with Crippen molar-refractivity contribution < 1.29 is 4.79 Å². The molecule has 0 saturated heterocycles. The Hall–Kier alpha value is -1.37. The Morgan fingerprint density at radius 3 is 2.53 bits per heavy atom. The maximum absolute atomic E-state index is 11.9. The summed E-state index contributed by atoms with van der Waals surface area (Å²) in [7, 11) is 0. The minimum atomic E-state index is 0.194. The molecule has 0 aliphatic carbocycles. The van der Waals surface area contributed by atoms with E-state index in [9.17, 15) is 4.79 Å². The van der Waals surface area contributed by atoms with Gasteiger partial charge in [-0.2, -0.15) is 0 Å². The van der Waals surface area contributed by atoms with Crippen molar-refractivity contribution in [3.63, 3.8) is 0 Å². The first-order valence-electron chi connectivity index (χ1n) is 5.46. The second-order valence-electron chi connectivity index (χ2n) is 3.71. The summed E-state index contributed by atoms with van der Waals surface area (Å²) in [6.45, 7) is 7.97. The number of Topliss-reactive ketones (excluding diaryl/α,β-unsaturated/α-hetero) is 1. The lowest BCUT2D eigenvalue weighted by molar-refractivity contribution is 0.0991. The third-order valence-corrected chi connectivity index (χ3v) is 2.61. The Labute approximate surface area is 91.8 Å². The summed E-state index contributed by atoms with van der Waals surface area (Å²) in [5, 5.41) is 0. The zero-order chi connectivity index (χ0) is 11.3. The van der Waals surface area contributed by atoms with E-state index in [2.05, 4.69) is 13.5 Å². The second-order valence-corrected chi connectivity index (χ2v) is 3.71. The molecule has 0 spiro atoms. The summed E-state index contributed by atoms with van der Waals surface area (Å²) in [6, 6.07) is 7.82. The SMILES string of the molecule is C=C(CC)CC(=O)c1ccccc1CC. The van der Waals surface area contributed by atoms with Crippen LogP contribution in [0.2, 0.25) is 0 Å². The summed E-state index contributed by atoms with van der Waals surface area (Å²) >= 11 is 0. The number of carbonyl (C=O) groups is 1. The van der Waals surface area contributed by atoms with E-state index < -0.39 is 0 Å². The predicted octanol–water partition coefficient (Wildman–Crippen LogP) is 3.79. The summed E-state index contributed by atoms with van der Waals surface area (Å²) in [5.41, 5.74) is 2.99. The summed E-state index contributed by atoms with van der Waals surface area (Å²) in [4.78, 5) is 11.9. The first kappa shape index (κ1) is 11.7. The number of allylic oxidation sites excluding steroid dienone is 1. The van der Waals surface area contributed by atoms with Gasteiger partial charge in [0.1, 0.15) is 0 Å². The molecule has 80 valence electrons. The molecule has 1 nitrogen and oxygen atoms in total. The molecule has 0 aliphatic heterocycles. The summed E-state index contributed by atoms with van der Waals surface area (Å²) in [6.07, 6.45) is 2.26. The molecule has 0 saturated carbocycles. The van der Waals surface area contributed by atoms with Crippen LogP contribution in [0.5, 0.6) is 0 Å². The maximum Gasteiger partial charge on any atom is 0.167 e. The van der Waals surface area contributed by atoms with Gasteiger partial charge in [0.2, 0.25) is 0 Å². The van der Waals surface area contributed by atoms with E-state index in [0.717, 1.165) is 29.5 Å². The lowest BCUT2D eigenvalue weighted by Gasteiger charge is -2.07. The number of carbonyl (C=O) groups excluding carboxylic acids is 1. The van der Waals surface area contributed by atoms with Crippen LogP contribution in [0, 0.1) is 0 Å². The third kappa shape index (κ3) is 3.05. The molecule has 0 atom stereocenters. The Bertz CT molecular complexity index is 363. The number of hydrogen-bond acceptors (Lipinski definition) is 1. The fourth-order valence-electron chi connectivity index (χ4n) is 1.55. The molecule has 0 aliphatic rings. The van der Waals surface area contributed by atoms with Crippen LogP contribution in [0.15, 0.2) is 36.4 Å². The number of aryl methyl sites for hydroxylation is 1. The first-order valence-corrected chi connectivity index (χ1v) is 5.46. The van der Waals surface area contributed by atoms with Crippen LogP contribution in [0.3, 0.4) is 0 Å². The van der Waals surface area contributed by atoms with Gasteiger partial charge in [-0.15, -0.1) is 0 Å². The minimum absolute atomic E-state index is 0.194. The molecule has 1 heteroatoms. The maximum atomic E-state index is 11.9. The zero-order valence-corrected chi connectivity index (χ0v) is 9.55. The third-order valence-electron chi connectivity index (χ3n) is 2.61. The molecular weight excluding hydrogens is 184 g/mol. The molecule has 0 bridgehead atoms. The van der Waals surface area contributed by atoms with Gasteiger partial charge >= 0.3 is 0 Å². The van der Waals surface area contributed by atoms with Crippen molar-refractivity contribution >= 4 is 5.78 Å². The van der Waals surface area contributed by atoms with Gasteiger partial charge in [0.05, 0.1) is 0 Å². The normalized spacial score (nSPS) is 10.0. The summed E-state index contributed by atoms with van der Waals surface area (Å²) in [5.74, 6) is 0.194. The van der Waals surface area contributed by atoms with Crippen LogP contribution < -0.4 is 0 Å². The van der Waals surface area contributed by atoms with Gasteiger partial charge in [0, 0.05) is 12.0 Å². The molecule has 0 radical (unpaired) electrons. The highest BCUT2D eigenvalue weighted by Crippen LogP contribution is 2.15. The molecule has 1 aromatic carbocycles. The summed E-state index contributed by atoms with van der Waals surface area (Å²) < 4.78 is 0. The molecule has 0 aromatic heterocycles. The van der Waals surface area contributed by atoms with E-state index in [1.165, 1.54) is 0 Å². The quantitative estimate of drug-likeness (QED) is 0.524. The van der Waals surface area contributed by atoms with Gasteiger partial charge in [0.15, 0.2) is 5.78 Å². The Kier molecular flexibility index (Phi) is 4.29. The van der Waals surface area contributed by atoms with Crippen LogP contribution in [0.1, 0.15) is 42.6 Å². The number of rotatable bonds is 5. The van der Waals surface area contributed by atoms with Gasteiger partial charge in [0.25, 0.3) is 0 Å². The van der Waals surface area contributed by atoms with Crippen LogP contribution in [-0.2, 0) is 6.42 Å². The number of ketones is 1. The van der Waals surface area contributed by atoms with Crippen molar-refractivity contribution in [2.75, 3.05) is 0 Å². The monoisotopic (exact) mass is 202 g/mol. The molecule has 0 heterocycles. The molecule has 1 rings (SSSR count). The molecule has 0 amide bonds. The lowest BCUT2D eigenvalue weighted by atomic mass is 9.97. The van der Waals surface area contributed by atoms with E-state index in [-0.39, 0.29) is 5.78 Å². The van der Waals surface area contributed by atoms with Crippen LogP contribution in [0.4, 0.5) is 0 Å². The van der Waals surface area contributed by atoms with Crippen molar-refractivity contribution in [3.05, 3.63) is 47.5 Å². The van der Waals surface area contributed by atoms with Crippen molar-refractivity contribution in [2.45, 2.75) is 33.1 Å². The fraction of sp³-hybridized carbons (Fsp3) is 0.357. The standard InChI is InChI=1S/C14H18O/c1-4-11(3)10-14(15)13-9-7-6-8-12(13)5-2/h6-9H,3-5,10H2,1-2H3. The highest BCUT2D eigenvalue weighted by Gasteiger charge is 2.10. The topological polar surface area (TPSA) is 17.1 Å². The average molecular weight is 202 g/mol. The van der Waals surface area contributed by atoms with Gasteiger partial charge in [-0.3, -0.25) is 4.79 Å². The zero-order valence-electron chi connectivity index (χ0n) is 9.55. The van der Waals surface area contributed by atoms with Gasteiger partial charge < -0.3 is 0 Å². The molecule has 15 heavy (non-hydrogen) atoms. The van der Waals surface area contributed by atoms with Crippen molar-refractivity contribution in [1.82, 2.24) is 0 Å². The average Bonchev–Trinajstić information content (AvgIpc) is 2.28. The highest BCUT2D eigenvalue weighted by atomic mass is 16.1. The molecule has 0 fully saturated rings. The van der Waals surface area contributed by atoms with E-state index in [1.54, 1.807) is 0 Å². The fourth-order valence-corrected chi connectivity index (χ4v) is 1.55. The van der Waals surface area contributed by atoms with Crippen LogP contribution >= 0.6 is 0 Å². The molecule has 0 N–H and O–H groups in total. The number of hydrogen-bond donors (Lipinski definition) is 0. The molecular formula is C14H18O. The van der Waals surface area contributed by atoms with E-state index >= 15 is 0 Å². The van der Waals surface area contributed by atoms with Gasteiger partial charge in [-0.1, -0.05) is 50.3 Å². The van der Waals surface area contributed by atoms with E-state index in [0.29, 0.717) is 6.42 Å². The largest absolute Gasteiger partial charge is 0.294 e. The van der Waals surface area contributed by atoms with Gasteiger partial charge in [-0.05, 0) is 18.4 Å². The number of benzene rings is 1. The van der Waals surface area contributed by atoms with Crippen LogP contribution in [0.25, 0.3) is 0 Å². The van der Waals surface area contributed by atoms with Crippen molar-refractivity contribution in [1.29, 1.82) is 0 Å². The van der Waals surface area contributed by atoms with Crippen LogP contribution in [-0.4, -0.2) is 5.78 Å². The van der Waals surface area contributed by atoms with E-state index in [1.807, 2.05) is 31.2 Å². The minimum Gasteiger partial charge on any atom is -0.294 e. The molecule has 0 unspecified atom stereocenters.